The van der Waals surface area contributed by atoms with E-state index in [-0.39, 0.29) is 0 Å². The molecule has 0 aliphatic heterocycles. The fraction of sp³-hybridized carbons (Fsp3) is 0.243. The van der Waals surface area contributed by atoms with Crippen LogP contribution in [0.4, 0.5) is 0 Å². The van der Waals surface area contributed by atoms with E-state index in [1.807, 2.05) is 221 Å². The van der Waals surface area contributed by atoms with Gasteiger partial charge in [0.2, 0.25) is 0 Å². The highest BCUT2D eigenvalue weighted by Gasteiger charge is 2.20. The van der Waals surface area contributed by atoms with Gasteiger partial charge in [0.25, 0.3) is 0 Å². The van der Waals surface area contributed by atoms with Crippen LogP contribution in [0.3, 0.4) is 0 Å². The maximum Gasteiger partial charge on any atom is 0.0518 e. The van der Waals surface area contributed by atoms with Gasteiger partial charge in [0.15, 0.2) is 0 Å². The predicted octanol–water partition coefficient (Wildman–Crippen LogP) is 30.8. The number of pyridine rings is 2. The van der Waals surface area contributed by atoms with Gasteiger partial charge in [-0.15, -0.1) is 0 Å². The van der Waals surface area contributed by atoms with E-state index in [2.05, 4.69) is 292 Å². The van der Waals surface area contributed by atoms with Gasteiger partial charge in [0.05, 0.1) is 5.52 Å². The fourth-order valence-electron chi connectivity index (χ4n) is 11.6. The van der Waals surface area contributed by atoms with Gasteiger partial charge in [-0.3, -0.25) is 9.97 Å². The molecule has 107 heavy (non-hydrogen) atoms. The molecule has 0 spiro atoms. The number of aromatic nitrogens is 4. The van der Waals surface area contributed by atoms with E-state index in [0.717, 1.165) is 23.5 Å². The number of hydrogen-bond acceptors (Lipinski definition) is 2. The Balaban J connectivity index is 0.000000406. The van der Waals surface area contributed by atoms with Crippen LogP contribution in [0.1, 0.15) is 153 Å². The number of hydrogen-bond donors (Lipinski definition) is 0. The maximum atomic E-state index is 4.17. The van der Waals surface area contributed by atoms with Crippen LogP contribution in [0.25, 0.3) is 76.3 Å². The van der Waals surface area contributed by atoms with E-state index in [1.165, 1.54) is 115 Å². The zero-order chi connectivity index (χ0) is 79.3. The zero-order valence-corrected chi connectivity index (χ0v) is 69.7. The average Bonchev–Trinajstić information content (AvgIpc) is 1.63. The molecule has 0 radical (unpaired) electrons. The first-order valence-electron chi connectivity index (χ1n) is 39.1. The minimum atomic E-state index is 1.09. The van der Waals surface area contributed by atoms with Gasteiger partial charge in [0, 0.05) is 75.5 Å². The van der Waals surface area contributed by atoms with Crippen molar-refractivity contribution in [1.29, 1.82) is 0 Å². The van der Waals surface area contributed by atoms with Crippen LogP contribution >= 0.6 is 0 Å². The number of fused-ring (bicyclic) bond motifs is 11. The third-order valence-electron chi connectivity index (χ3n) is 16.7. The third kappa shape index (κ3) is 29.1. The summed E-state index contributed by atoms with van der Waals surface area (Å²) in [6, 6.07) is 111. The Morgan fingerprint density at radius 1 is 0.262 bits per heavy atom. The minimum Gasteiger partial charge on any atom is -0.344 e. The summed E-state index contributed by atoms with van der Waals surface area (Å²) in [5.74, 6) is 0. The topological polar surface area (TPSA) is 35.6 Å². The highest BCUT2D eigenvalue weighted by Crippen LogP contribution is 2.39. The number of aryl methyl sites for hydroxylation is 9. The molecule has 4 heteroatoms. The van der Waals surface area contributed by atoms with Crippen molar-refractivity contribution in [3.63, 3.8) is 0 Å². The number of benzene rings is 12. The summed E-state index contributed by atoms with van der Waals surface area (Å²) in [7, 11) is 4.27. The largest absolute Gasteiger partial charge is 0.344 e. The molecule has 1 aliphatic carbocycles. The summed E-state index contributed by atoms with van der Waals surface area (Å²) in [6.45, 7) is 44.8. The van der Waals surface area contributed by atoms with Crippen LogP contribution in [0.5, 0.6) is 0 Å². The van der Waals surface area contributed by atoms with E-state index in [0.29, 0.717) is 0 Å². The monoisotopic (exact) mass is 1420 g/mol. The van der Waals surface area contributed by atoms with Gasteiger partial charge in [-0.2, -0.15) is 0 Å². The van der Waals surface area contributed by atoms with Crippen LogP contribution in [-0.2, 0) is 20.5 Å². The van der Waals surface area contributed by atoms with Crippen molar-refractivity contribution in [1.82, 2.24) is 19.1 Å². The van der Waals surface area contributed by atoms with E-state index < -0.39 is 0 Å². The molecule has 0 saturated carbocycles. The molecule has 0 saturated heterocycles. The second-order valence-corrected chi connectivity index (χ2v) is 23.3. The Hall–Kier alpha value is -10.9. The van der Waals surface area contributed by atoms with Gasteiger partial charge in [0.1, 0.15) is 0 Å². The molecule has 560 valence electrons. The molecule has 1 aliphatic rings. The molecule has 0 N–H and O–H groups in total. The van der Waals surface area contributed by atoms with Crippen molar-refractivity contribution in [3.8, 4) is 11.1 Å². The minimum absolute atomic E-state index is 1.09. The van der Waals surface area contributed by atoms with Gasteiger partial charge >= 0.3 is 0 Å². The average molecular weight is 1420 g/mol. The Bertz CT molecular complexity index is 4630. The molecule has 0 amide bonds. The quantitative estimate of drug-likeness (QED) is 0.152. The van der Waals surface area contributed by atoms with Crippen LogP contribution in [-0.4, -0.2) is 19.1 Å². The van der Waals surface area contributed by atoms with Gasteiger partial charge < -0.3 is 9.13 Å². The highest BCUT2D eigenvalue weighted by molar-refractivity contribution is 6.10. The first-order valence-corrected chi connectivity index (χ1v) is 39.1. The van der Waals surface area contributed by atoms with E-state index in [1.54, 1.807) is 0 Å². The Morgan fingerprint density at radius 2 is 0.617 bits per heavy atom. The Morgan fingerprint density at radius 3 is 1.04 bits per heavy atom. The lowest BCUT2D eigenvalue weighted by atomic mass is 9.97. The van der Waals surface area contributed by atoms with Gasteiger partial charge in [-0.1, -0.05) is 382 Å². The summed E-state index contributed by atoms with van der Waals surface area (Å²) in [5.41, 5.74) is 21.2. The van der Waals surface area contributed by atoms with Crippen molar-refractivity contribution in [2.24, 2.45) is 14.1 Å². The molecule has 12 aromatic carbocycles. The smallest absolute Gasteiger partial charge is 0.0518 e. The number of rotatable bonds is 0. The standard InChI is InChI=1S/C15H14.2C14H13N.2C10H8.2C7H9N.2C6H6.7C2H6/c1-10-7-8-13-9-12-5-3-4-6-14(12)15(13)11(10)2;1-10-6-5-8-12-11-7-3-4-9-13(11)15(2)14(10)12;1-10-6-5-9-13-14(10)11-7-3-4-8-12(11)15(13)2;2*1-2-6-10-8-4-3-7-9(10)5-1;1-6-4-3-5-8-7(6)2;1-6-4-3-5-7(2)8-6;2*1-2-4-6-5-3-1;7*1-2/h3-8H,9H2,1-2H3;2*3-9H,1-2H3;2*1-8H;2*3-5H,1-2H3;2*1-6H;7*1-2H3. The molecule has 0 atom stereocenters. The van der Waals surface area contributed by atoms with E-state index in [4.69, 9.17) is 0 Å². The predicted molar refractivity (Wildman–Crippen MR) is 482 cm³/mol. The summed E-state index contributed by atoms with van der Waals surface area (Å²) in [4.78, 5) is 8.25. The van der Waals surface area contributed by atoms with Crippen molar-refractivity contribution in [2.45, 2.75) is 159 Å². The molecule has 4 nitrogen and oxygen atoms in total. The molecular formula is C103H128N4. The lowest BCUT2D eigenvalue weighted by Crippen LogP contribution is -1.88. The Kier molecular flexibility index (Phi) is 47.1. The number of nitrogens with zero attached hydrogens (tertiary/aromatic N) is 4. The van der Waals surface area contributed by atoms with Gasteiger partial charge in [-0.05, 0) is 170 Å². The summed E-state index contributed by atoms with van der Waals surface area (Å²) in [6.07, 6.45) is 2.91. The second kappa shape index (κ2) is 54.6. The molecule has 0 unspecified atom stereocenters. The lowest BCUT2D eigenvalue weighted by molar-refractivity contribution is 1.01. The maximum absolute atomic E-state index is 4.17. The molecule has 0 fully saturated rings. The summed E-state index contributed by atoms with van der Waals surface area (Å²) in [5, 5.41) is 10.7. The van der Waals surface area contributed by atoms with Crippen LogP contribution in [0.2, 0.25) is 0 Å². The van der Waals surface area contributed by atoms with Crippen LogP contribution < -0.4 is 0 Å². The first kappa shape index (κ1) is 92.1. The molecule has 4 heterocycles. The summed E-state index contributed by atoms with van der Waals surface area (Å²) < 4.78 is 4.54. The highest BCUT2D eigenvalue weighted by atomic mass is 14.9. The summed E-state index contributed by atoms with van der Waals surface area (Å²) >= 11 is 0. The van der Waals surface area contributed by atoms with Gasteiger partial charge in [-0.25, -0.2) is 0 Å². The van der Waals surface area contributed by atoms with E-state index >= 15 is 0 Å². The third-order valence-corrected chi connectivity index (χ3v) is 16.7. The number of para-hydroxylation sites is 3. The molecular weight excluding hydrogens is 1290 g/mol. The van der Waals surface area contributed by atoms with Crippen molar-refractivity contribution >= 4 is 65.2 Å². The van der Waals surface area contributed by atoms with Crippen molar-refractivity contribution in [2.75, 3.05) is 0 Å². The first-order chi connectivity index (χ1) is 52.4. The van der Waals surface area contributed by atoms with Crippen LogP contribution in [0, 0.1) is 55.4 Å². The fourth-order valence-corrected chi connectivity index (χ4v) is 11.6. The second-order valence-electron chi connectivity index (χ2n) is 23.3. The molecule has 17 rings (SSSR count). The lowest BCUT2D eigenvalue weighted by Gasteiger charge is -2.08. The van der Waals surface area contributed by atoms with E-state index in [9.17, 15) is 0 Å². The molecule has 0 bridgehead atoms. The van der Waals surface area contributed by atoms with Crippen LogP contribution in [0.15, 0.2) is 328 Å². The molecule has 16 aromatic rings. The Labute approximate surface area is 648 Å². The zero-order valence-electron chi connectivity index (χ0n) is 69.7. The van der Waals surface area contributed by atoms with Crippen molar-refractivity contribution < 1.29 is 0 Å². The van der Waals surface area contributed by atoms with Crippen molar-refractivity contribution in [3.05, 3.63) is 384 Å². The molecule has 4 aromatic heterocycles. The normalized spacial score (nSPS) is 9.46. The SMILES string of the molecule is CC.CC.CC.CC.CC.CC.CC.Cc1ccc2c(c1C)-c1ccccc1C2.Cc1cccc(C)n1.Cc1cccc2c1c1ccccc1n2C.Cc1cccc2c3ccccc3n(C)c12.Cc1cccnc1C.c1ccc2ccccc2c1.c1ccc2ccccc2c1.c1ccccc1.c1ccccc1.